The van der Waals surface area contributed by atoms with E-state index in [0.717, 1.165) is 10.5 Å². The Hall–Kier alpha value is -3.19. The van der Waals surface area contributed by atoms with Gasteiger partial charge >= 0.3 is 5.97 Å². The minimum Gasteiger partial charge on any atom is -0.459 e. The van der Waals surface area contributed by atoms with E-state index in [-0.39, 0.29) is 19.5 Å². The van der Waals surface area contributed by atoms with E-state index < -0.39 is 34.7 Å². The summed E-state index contributed by atoms with van der Waals surface area (Å²) in [7, 11) is 0. The van der Waals surface area contributed by atoms with Crippen LogP contribution in [0.2, 0.25) is 5.02 Å². The van der Waals surface area contributed by atoms with Crippen molar-refractivity contribution in [3.05, 3.63) is 64.7 Å². The number of ether oxygens (including phenoxy) is 1. The number of fused-ring (bicyclic) bond motifs is 2. The number of esters is 1. The Kier molecular flexibility index (Phi) is 5.33. The molecule has 0 bridgehead atoms. The summed E-state index contributed by atoms with van der Waals surface area (Å²) in [5, 5.41) is 0.330. The highest BCUT2D eigenvalue weighted by Crippen LogP contribution is 2.49. The molecule has 2 heterocycles. The molecule has 2 aromatic carbocycles. The third kappa shape index (κ3) is 3.66. The number of likely N-dealkylation sites (tertiary alicyclic amines) is 1. The second kappa shape index (κ2) is 7.74. The highest BCUT2D eigenvalue weighted by atomic mass is 35.5. The second-order valence-corrected chi connectivity index (χ2v) is 9.43. The number of amides is 3. The zero-order valence-electron chi connectivity index (χ0n) is 18.1. The van der Waals surface area contributed by atoms with Gasteiger partial charge in [-0.05, 0) is 44.5 Å². The van der Waals surface area contributed by atoms with Gasteiger partial charge in [0.15, 0.2) is 5.41 Å². The summed E-state index contributed by atoms with van der Waals surface area (Å²) in [5.74, 6) is -2.28. The first kappa shape index (κ1) is 22.0. The fourth-order valence-corrected chi connectivity index (χ4v) is 4.42. The lowest BCUT2D eigenvalue weighted by molar-refractivity contribution is -0.154. The quantitative estimate of drug-likeness (QED) is 0.402. The molecule has 166 valence electrons. The predicted molar refractivity (Wildman–Crippen MR) is 118 cm³/mol. The lowest BCUT2D eigenvalue weighted by Crippen LogP contribution is -2.48. The lowest BCUT2D eigenvalue weighted by atomic mass is 9.80. The summed E-state index contributed by atoms with van der Waals surface area (Å²) in [6.07, 6.45) is -0.310. The highest BCUT2D eigenvalue weighted by molar-refractivity contribution is 6.32. The number of rotatable bonds is 4. The molecule has 0 aromatic heterocycles. The van der Waals surface area contributed by atoms with Crippen LogP contribution in [0.25, 0.3) is 0 Å². The van der Waals surface area contributed by atoms with E-state index in [1.807, 2.05) is 30.3 Å². The minimum atomic E-state index is -1.73. The van der Waals surface area contributed by atoms with Gasteiger partial charge in [0, 0.05) is 16.3 Å². The normalized spacial score (nSPS) is 20.3. The van der Waals surface area contributed by atoms with Crippen molar-refractivity contribution in [2.24, 2.45) is 0 Å². The molecule has 1 fully saturated rings. The largest absolute Gasteiger partial charge is 0.459 e. The van der Waals surface area contributed by atoms with E-state index in [0.29, 0.717) is 16.3 Å². The molecule has 4 rings (SSSR count). The van der Waals surface area contributed by atoms with Gasteiger partial charge in [0.1, 0.15) is 12.1 Å². The van der Waals surface area contributed by atoms with Gasteiger partial charge in [-0.3, -0.25) is 29.0 Å². The number of nitrogens with zero attached hydrogens (tertiary/aromatic N) is 2. The number of anilines is 1. The summed E-state index contributed by atoms with van der Waals surface area (Å²) in [5.41, 5.74) is -0.964. The van der Waals surface area contributed by atoms with Crippen molar-refractivity contribution in [1.82, 2.24) is 4.90 Å². The third-order valence-electron chi connectivity index (χ3n) is 5.54. The molecule has 7 nitrogen and oxygen atoms in total. The molecule has 0 saturated carbocycles. The van der Waals surface area contributed by atoms with Crippen molar-refractivity contribution in [3.63, 3.8) is 0 Å². The van der Waals surface area contributed by atoms with E-state index in [1.165, 1.54) is 11.0 Å². The maximum absolute atomic E-state index is 13.6. The fourth-order valence-electron chi connectivity index (χ4n) is 4.25. The van der Waals surface area contributed by atoms with Crippen LogP contribution >= 0.6 is 11.6 Å². The molecule has 0 aliphatic carbocycles. The highest BCUT2D eigenvalue weighted by Gasteiger charge is 2.64. The first-order chi connectivity index (χ1) is 15.0. The number of hydrogen-bond donors (Lipinski definition) is 0. The topological polar surface area (TPSA) is 84.0 Å². The van der Waals surface area contributed by atoms with E-state index >= 15 is 0 Å². The monoisotopic (exact) mass is 454 g/mol. The zero-order chi connectivity index (χ0) is 23.3. The second-order valence-electron chi connectivity index (χ2n) is 8.99. The van der Waals surface area contributed by atoms with E-state index in [4.69, 9.17) is 16.3 Å². The van der Waals surface area contributed by atoms with Crippen LogP contribution in [0.5, 0.6) is 0 Å². The molecule has 0 N–H and O–H groups in total. The predicted octanol–water partition coefficient (Wildman–Crippen LogP) is 3.23. The van der Waals surface area contributed by atoms with Crippen LogP contribution in [0.15, 0.2) is 48.5 Å². The average Bonchev–Trinajstić information content (AvgIpc) is 3.08. The van der Waals surface area contributed by atoms with Gasteiger partial charge in [-0.15, -0.1) is 0 Å². The summed E-state index contributed by atoms with van der Waals surface area (Å²) in [6, 6.07) is 13.8. The molecule has 1 saturated heterocycles. The number of carbonyl (C=O) groups excluding carboxylic acids is 4. The summed E-state index contributed by atoms with van der Waals surface area (Å²) in [6.45, 7) is 4.88. The Morgan fingerprint density at radius 1 is 1.03 bits per heavy atom. The molecule has 3 amide bonds. The zero-order valence-corrected chi connectivity index (χ0v) is 18.8. The van der Waals surface area contributed by atoms with Crippen LogP contribution in [-0.2, 0) is 35.9 Å². The van der Waals surface area contributed by atoms with Crippen LogP contribution in [0.1, 0.15) is 38.3 Å². The first-order valence-corrected chi connectivity index (χ1v) is 10.6. The van der Waals surface area contributed by atoms with Crippen molar-refractivity contribution in [2.45, 2.75) is 44.8 Å². The van der Waals surface area contributed by atoms with Crippen molar-refractivity contribution in [2.75, 3.05) is 11.4 Å². The smallest absolute Gasteiger partial charge is 0.326 e. The molecular formula is C24H23ClN2O5. The van der Waals surface area contributed by atoms with Crippen LogP contribution in [-0.4, -0.2) is 40.7 Å². The molecule has 0 unspecified atom stereocenters. The number of benzene rings is 2. The van der Waals surface area contributed by atoms with Gasteiger partial charge in [0.25, 0.3) is 0 Å². The van der Waals surface area contributed by atoms with Crippen molar-refractivity contribution < 1.29 is 23.9 Å². The Bertz CT molecular complexity index is 1120. The van der Waals surface area contributed by atoms with E-state index in [1.54, 1.807) is 32.9 Å². The first-order valence-electron chi connectivity index (χ1n) is 10.3. The number of carbonyl (C=O) groups is 4. The van der Waals surface area contributed by atoms with Gasteiger partial charge in [-0.1, -0.05) is 41.9 Å². The molecule has 0 radical (unpaired) electrons. The fraction of sp³-hybridized carbons (Fsp3) is 0.333. The summed E-state index contributed by atoms with van der Waals surface area (Å²) >= 11 is 6.19. The Morgan fingerprint density at radius 2 is 1.69 bits per heavy atom. The number of hydrogen-bond acceptors (Lipinski definition) is 5. The van der Waals surface area contributed by atoms with Crippen molar-refractivity contribution in [1.29, 1.82) is 0 Å². The lowest BCUT2D eigenvalue weighted by Gasteiger charge is -2.24. The Morgan fingerprint density at radius 3 is 2.34 bits per heavy atom. The van der Waals surface area contributed by atoms with Crippen LogP contribution < -0.4 is 4.90 Å². The summed E-state index contributed by atoms with van der Waals surface area (Å²) in [4.78, 5) is 54.9. The molecule has 8 heteroatoms. The molecule has 1 spiro atoms. The Balaban J connectivity index is 1.72. The van der Waals surface area contributed by atoms with Gasteiger partial charge in [0.2, 0.25) is 17.7 Å². The molecule has 2 aliphatic rings. The van der Waals surface area contributed by atoms with Gasteiger partial charge < -0.3 is 4.74 Å². The standard InChI is InChI=1S/C24H23ClN2O5/c1-23(2,3)32-20(29)14-26-18-10-9-16(25)11-17(18)24(21(26)30)12-19(28)27(22(24)31)13-15-7-5-4-6-8-15/h4-11H,12-14H2,1-3H3/t24-/m1/s1. The van der Waals surface area contributed by atoms with E-state index in [2.05, 4.69) is 0 Å². The molecule has 32 heavy (non-hydrogen) atoms. The average molecular weight is 455 g/mol. The van der Waals surface area contributed by atoms with Crippen LogP contribution in [0, 0.1) is 0 Å². The summed E-state index contributed by atoms with van der Waals surface area (Å²) < 4.78 is 5.36. The van der Waals surface area contributed by atoms with Gasteiger partial charge in [0.05, 0.1) is 13.0 Å². The molecule has 2 aliphatic heterocycles. The van der Waals surface area contributed by atoms with E-state index in [9.17, 15) is 19.2 Å². The maximum Gasteiger partial charge on any atom is 0.326 e. The van der Waals surface area contributed by atoms with Crippen molar-refractivity contribution in [3.8, 4) is 0 Å². The number of halogens is 1. The van der Waals surface area contributed by atoms with Gasteiger partial charge in [-0.25, -0.2) is 0 Å². The maximum atomic E-state index is 13.6. The molecular weight excluding hydrogens is 432 g/mol. The van der Waals surface area contributed by atoms with Crippen LogP contribution in [0.4, 0.5) is 5.69 Å². The van der Waals surface area contributed by atoms with Gasteiger partial charge in [-0.2, -0.15) is 0 Å². The molecule has 2 aromatic rings. The minimum absolute atomic E-state index is 0.0650. The Labute approximate surface area is 190 Å². The number of imide groups is 1. The third-order valence-corrected chi connectivity index (χ3v) is 5.77. The van der Waals surface area contributed by atoms with Crippen LogP contribution in [0.3, 0.4) is 0 Å². The SMILES string of the molecule is CC(C)(C)OC(=O)CN1C(=O)[C@@]2(CC(=O)N(Cc3ccccc3)C2=O)c2cc(Cl)ccc21. The molecule has 1 atom stereocenters. The van der Waals surface area contributed by atoms with Crippen molar-refractivity contribution >= 4 is 41.0 Å².